The van der Waals surface area contributed by atoms with Crippen LogP contribution in [0.1, 0.15) is 16.1 Å². The predicted molar refractivity (Wildman–Crippen MR) is 102 cm³/mol. The van der Waals surface area contributed by atoms with Crippen molar-refractivity contribution >= 4 is 23.4 Å². The number of alkyl halides is 3. The van der Waals surface area contributed by atoms with Gasteiger partial charge in [0.2, 0.25) is 0 Å². The average molecular weight is 407 g/mol. The van der Waals surface area contributed by atoms with Crippen molar-refractivity contribution in [3.63, 3.8) is 0 Å². The molecule has 0 radical (unpaired) electrons. The minimum Gasteiger partial charge on any atom is -0.316 e. The van der Waals surface area contributed by atoms with Gasteiger partial charge in [-0.15, -0.1) is 0 Å². The number of nitrogens with zero attached hydrogens (tertiary/aromatic N) is 2. The molecular formula is C19H16F3N3O2S. The third-order valence-electron chi connectivity index (χ3n) is 4.14. The van der Waals surface area contributed by atoms with Crippen LogP contribution in [-0.4, -0.2) is 20.8 Å². The van der Waals surface area contributed by atoms with Crippen molar-refractivity contribution in [3.05, 3.63) is 76.2 Å². The van der Waals surface area contributed by atoms with E-state index < -0.39 is 17.0 Å². The number of anilines is 1. The summed E-state index contributed by atoms with van der Waals surface area (Å²) < 4.78 is 40.2. The number of hydrogen-bond acceptors (Lipinski definition) is 3. The van der Waals surface area contributed by atoms with Crippen LogP contribution < -0.4 is 10.9 Å². The molecular weight excluding hydrogens is 391 g/mol. The van der Waals surface area contributed by atoms with Crippen molar-refractivity contribution in [2.24, 2.45) is 7.05 Å². The summed E-state index contributed by atoms with van der Waals surface area (Å²) in [5.74, 6) is -0.574. The molecule has 1 aromatic heterocycles. The predicted octanol–water partition coefficient (Wildman–Crippen LogP) is 4.35. The molecule has 2 aromatic carbocycles. The average Bonchev–Trinajstić information content (AvgIpc) is 2.85. The zero-order valence-corrected chi connectivity index (χ0v) is 15.8. The quantitative estimate of drug-likeness (QED) is 0.655. The van der Waals surface area contributed by atoms with E-state index in [-0.39, 0.29) is 27.9 Å². The molecule has 0 aliphatic heterocycles. The Hall–Kier alpha value is -2.94. The van der Waals surface area contributed by atoms with E-state index in [2.05, 4.69) is 5.32 Å². The van der Waals surface area contributed by atoms with Crippen molar-refractivity contribution in [2.75, 3.05) is 5.32 Å². The van der Waals surface area contributed by atoms with Crippen LogP contribution in [-0.2, 0) is 7.05 Å². The Kier molecular flexibility index (Phi) is 5.37. The van der Waals surface area contributed by atoms with E-state index >= 15 is 0 Å². The van der Waals surface area contributed by atoms with Crippen LogP contribution >= 0.6 is 11.8 Å². The normalized spacial score (nSPS) is 11.5. The Balaban J connectivity index is 1.86. The standard InChI is InChI=1S/C19H16F3N3O2S/c1-12-16(18(27)25(24(12)2)14-6-4-3-5-7-14)23-17(26)13-8-10-15(11-9-13)28-19(20,21)22/h3-11H,1-2H3,(H,23,26). The van der Waals surface area contributed by atoms with Crippen molar-refractivity contribution in [2.45, 2.75) is 17.3 Å². The number of thioether (sulfide) groups is 1. The molecule has 1 heterocycles. The van der Waals surface area contributed by atoms with Gasteiger partial charge in [0.25, 0.3) is 11.5 Å². The Morgan fingerprint density at radius 2 is 1.64 bits per heavy atom. The lowest BCUT2D eigenvalue weighted by atomic mass is 10.2. The van der Waals surface area contributed by atoms with Gasteiger partial charge in [0, 0.05) is 17.5 Å². The van der Waals surface area contributed by atoms with Crippen LogP contribution in [0.25, 0.3) is 5.69 Å². The lowest BCUT2D eigenvalue weighted by Gasteiger charge is -2.07. The number of carbonyl (C=O) groups excluding carboxylic acids is 1. The molecule has 3 rings (SSSR count). The van der Waals surface area contributed by atoms with E-state index in [1.807, 2.05) is 6.07 Å². The molecule has 9 heteroatoms. The second-order valence-electron chi connectivity index (χ2n) is 5.96. The molecule has 5 nitrogen and oxygen atoms in total. The monoisotopic (exact) mass is 407 g/mol. The van der Waals surface area contributed by atoms with E-state index in [1.165, 1.54) is 28.9 Å². The fourth-order valence-corrected chi connectivity index (χ4v) is 3.25. The maximum absolute atomic E-state index is 12.8. The lowest BCUT2D eigenvalue weighted by molar-refractivity contribution is -0.0328. The highest BCUT2D eigenvalue weighted by Crippen LogP contribution is 2.36. The van der Waals surface area contributed by atoms with E-state index in [0.717, 1.165) is 0 Å². The summed E-state index contributed by atoms with van der Waals surface area (Å²) in [5, 5.41) is 2.57. The van der Waals surface area contributed by atoms with Crippen molar-refractivity contribution < 1.29 is 18.0 Å². The van der Waals surface area contributed by atoms with E-state index in [0.29, 0.717) is 11.4 Å². The zero-order valence-electron chi connectivity index (χ0n) is 14.9. The minimum atomic E-state index is -4.40. The Morgan fingerprint density at radius 3 is 2.21 bits per heavy atom. The first-order chi connectivity index (χ1) is 13.2. The highest BCUT2D eigenvalue weighted by atomic mass is 32.2. The summed E-state index contributed by atoms with van der Waals surface area (Å²) in [6, 6.07) is 14.0. The van der Waals surface area contributed by atoms with Crippen LogP contribution in [0.3, 0.4) is 0 Å². The van der Waals surface area contributed by atoms with Crippen LogP contribution in [0.5, 0.6) is 0 Å². The Labute approximate surface area is 162 Å². The molecule has 0 saturated carbocycles. The number of nitrogens with one attached hydrogen (secondary N) is 1. The molecule has 0 spiro atoms. The summed E-state index contributed by atoms with van der Waals surface area (Å²) in [6.07, 6.45) is 0. The van der Waals surface area contributed by atoms with Gasteiger partial charge in [-0.2, -0.15) is 13.2 Å². The van der Waals surface area contributed by atoms with Gasteiger partial charge in [0.15, 0.2) is 0 Å². The van der Waals surface area contributed by atoms with Crippen molar-refractivity contribution in [1.82, 2.24) is 9.36 Å². The zero-order chi connectivity index (χ0) is 20.5. The number of aromatic nitrogens is 2. The van der Waals surface area contributed by atoms with Gasteiger partial charge < -0.3 is 5.32 Å². The first kappa shape index (κ1) is 19.8. The van der Waals surface area contributed by atoms with Gasteiger partial charge in [0.05, 0.1) is 11.4 Å². The molecule has 0 fully saturated rings. The van der Waals surface area contributed by atoms with Crippen LogP contribution in [0.2, 0.25) is 0 Å². The summed E-state index contributed by atoms with van der Waals surface area (Å²) in [6.45, 7) is 1.69. The maximum Gasteiger partial charge on any atom is 0.446 e. The van der Waals surface area contributed by atoms with Crippen molar-refractivity contribution in [3.8, 4) is 5.69 Å². The van der Waals surface area contributed by atoms with Gasteiger partial charge in [-0.05, 0) is 55.1 Å². The van der Waals surface area contributed by atoms with Gasteiger partial charge in [-0.3, -0.25) is 14.3 Å². The largest absolute Gasteiger partial charge is 0.446 e. The molecule has 0 aliphatic rings. The molecule has 0 atom stereocenters. The van der Waals surface area contributed by atoms with Crippen LogP contribution in [0.4, 0.5) is 18.9 Å². The van der Waals surface area contributed by atoms with Crippen LogP contribution in [0.15, 0.2) is 64.3 Å². The lowest BCUT2D eigenvalue weighted by Crippen LogP contribution is -2.22. The number of hydrogen-bond donors (Lipinski definition) is 1. The molecule has 28 heavy (non-hydrogen) atoms. The molecule has 3 aromatic rings. The second kappa shape index (κ2) is 7.59. The molecule has 0 aliphatic carbocycles. The Morgan fingerprint density at radius 1 is 1.04 bits per heavy atom. The van der Waals surface area contributed by atoms with E-state index in [9.17, 15) is 22.8 Å². The van der Waals surface area contributed by atoms with Gasteiger partial charge >= 0.3 is 5.51 Å². The fourth-order valence-electron chi connectivity index (χ4n) is 2.71. The molecule has 0 saturated heterocycles. The van der Waals surface area contributed by atoms with Crippen molar-refractivity contribution in [1.29, 1.82) is 0 Å². The highest BCUT2D eigenvalue weighted by Gasteiger charge is 2.29. The summed E-state index contributed by atoms with van der Waals surface area (Å²) >= 11 is -0.255. The third-order valence-corrected chi connectivity index (χ3v) is 4.88. The minimum absolute atomic E-state index is 0.0219. The van der Waals surface area contributed by atoms with Gasteiger partial charge in [-0.25, -0.2) is 4.68 Å². The third kappa shape index (κ3) is 4.14. The molecule has 0 unspecified atom stereocenters. The number of benzene rings is 2. The summed E-state index contributed by atoms with van der Waals surface area (Å²) in [7, 11) is 1.70. The number of para-hydroxylation sites is 1. The summed E-state index contributed by atoms with van der Waals surface area (Å²) in [4.78, 5) is 25.2. The number of halogens is 3. The highest BCUT2D eigenvalue weighted by molar-refractivity contribution is 8.00. The number of carbonyl (C=O) groups is 1. The van der Waals surface area contributed by atoms with E-state index in [1.54, 1.807) is 42.9 Å². The second-order valence-corrected chi connectivity index (χ2v) is 7.10. The smallest absolute Gasteiger partial charge is 0.316 e. The van der Waals surface area contributed by atoms with Crippen LogP contribution in [0, 0.1) is 6.92 Å². The first-order valence-corrected chi connectivity index (χ1v) is 9.00. The molecule has 0 bridgehead atoms. The number of amides is 1. The number of rotatable bonds is 4. The van der Waals surface area contributed by atoms with Gasteiger partial charge in [0.1, 0.15) is 5.69 Å². The first-order valence-electron chi connectivity index (χ1n) is 8.18. The van der Waals surface area contributed by atoms with Gasteiger partial charge in [-0.1, -0.05) is 18.2 Å². The Bertz CT molecular complexity index is 1060. The maximum atomic E-state index is 12.8. The molecule has 1 amide bonds. The molecule has 1 N–H and O–H groups in total. The van der Waals surface area contributed by atoms with E-state index in [4.69, 9.17) is 0 Å². The molecule has 146 valence electrons. The summed E-state index contributed by atoms with van der Waals surface area (Å²) in [5.41, 5.74) is -3.33. The SMILES string of the molecule is Cc1c(NC(=O)c2ccc(SC(F)(F)F)cc2)c(=O)n(-c2ccccc2)n1C. The topological polar surface area (TPSA) is 56.0 Å². The fraction of sp³-hybridized carbons (Fsp3) is 0.158.